The lowest BCUT2D eigenvalue weighted by Gasteiger charge is -2.28. The molecule has 2 atom stereocenters. The first-order chi connectivity index (χ1) is 9.50. The Morgan fingerprint density at radius 3 is 2.45 bits per heavy atom. The minimum atomic E-state index is -3.36. The molecule has 0 radical (unpaired) electrons. The average Bonchev–Trinajstić information content (AvgIpc) is 2.46. The zero-order valence-corrected chi connectivity index (χ0v) is 12.2. The van der Waals surface area contributed by atoms with Gasteiger partial charge in [0, 0.05) is 0 Å². The van der Waals surface area contributed by atoms with E-state index >= 15 is 0 Å². The highest BCUT2D eigenvalue weighted by Gasteiger charge is 2.39. The number of carboxylic acids is 1. The van der Waals surface area contributed by atoms with Crippen LogP contribution in [0.15, 0.2) is 30.3 Å². The average molecular weight is 296 g/mol. The Labute approximate surface area is 119 Å². The molecule has 0 unspecified atom stereocenters. The fourth-order valence-electron chi connectivity index (χ4n) is 2.87. The van der Waals surface area contributed by atoms with Gasteiger partial charge in [0.1, 0.15) is 0 Å². The zero-order valence-electron chi connectivity index (χ0n) is 11.4. The van der Waals surface area contributed by atoms with Crippen molar-refractivity contribution < 1.29 is 18.3 Å². The molecule has 0 aliphatic heterocycles. The Morgan fingerprint density at radius 1 is 1.15 bits per heavy atom. The van der Waals surface area contributed by atoms with Gasteiger partial charge in [-0.05, 0) is 24.8 Å². The zero-order chi connectivity index (χ0) is 14.6. The third kappa shape index (κ3) is 3.60. The van der Waals surface area contributed by atoms with E-state index < -0.39 is 27.0 Å². The molecule has 0 bridgehead atoms. The largest absolute Gasteiger partial charge is 0.481 e. The number of aryl methyl sites for hydroxylation is 1. The van der Waals surface area contributed by atoms with Crippen molar-refractivity contribution in [3.05, 3.63) is 35.9 Å². The molecular formula is C15H20O4S. The van der Waals surface area contributed by atoms with Crippen molar-refractivity contribution in [2.24, 2.45) is 5.92 Å². The molecule has 1 saturated carbocycles. The number of carboxylic acid groups (broad SMARTS) is 1. The van der Waals surface area contributed by atoms with E-state index in [0.717, 1.165) is 18.4 Å². The van der Waals surface area contributed by atoms with Crippen LogP contribution in [0.5, 0.6) is 0 Å². The van der Waals surface area contributed by atoms with Gasteiger partial charge in [0.25, 0.3) is 0 Å². The van der Waals surface area contributed by atoms with Crippen LogP contribution in [0.3, 0.4) is 0 Å². The number of carbonyl (C=O) groups is 1. The van der Waals surface area contributed by atoms with E-state index in [-0.39, 0.29) is 5.75 Å². The molecule has 0 aromatic heterocycles. The molecule has 1 aliphatic carbocycles. The highest BCUT2D eigenvalue weighted by molar-refractivity contribution is 7.92. The van der Waals surface area contributed by atoms with E-state index in [9.17, 15) is 18.3 Å². The number of hydrogen-bond donors (Lipinski definition) is 1. The lowest BCUT2D eigenvalue weighted by molar-refractivity contribution is -0.142. The summed E-state index contributed by atoms with van der Waals surface area (Å²) in [6.45, 7) is 0. The summed E-state index contributed by atoms with van der Waals surface area (Å²) < 4.78 is 24.8. The minimum absolute atomic E-state index is 0.0332. The molecule has 0 saturated heterocycles. The number of hydrogen-bond acceptors (Lipinski definition) is 3. The van der Waals surface area contributed by atoms with Gasteiger partial charge in [0.2, 0.25) is 0 Å². The van der Waals surface area contributed by atoms with Crippen LogP contribution < -0.4 is 0 Å². The van der Waals surface area contributed by atoms with Gasteiger partial charge in [0.15, 0.2) is 9.84 Å². The van der Waals surface area contributed by atoms with E-state index in [1.807, 2.05) is 30.3 Å². The molecule has 1 fully saturated rings. The van der Waals surface area contributed by atoms with Crippen LogP contribution in [-0.4, -0.2) is 30.5 Å². The summed E-state index contributed by atoms with van der Waals surface area (Å²) in [4.78, 5) is 11.2. The van der Waals surface area contributed by atoms with Gasteiger partial charge >= 0.3 is 5.97 Å². The van der Waals surface area contributed by atoms with Gasteiger partial charge in [-0.1, -0.05) is 43.2 Å². The van der Waals surface area contributed by atoms with Gasteiger partial charge in [-0.2, -0.15) is 0 Å². The molecule has 1 aromatic carbocycles. The molecule has 110 valence electrons. The smallest absolute Gasteiger partial charge is 0.307 e. The highest BCUT2D eigenvalue weighted by atomic mass is 32.2. The monoisotopic (exact) mass is 296 g/mol. The van der Waals surface area contributed by atoms with Crippen molar-refractivity contribution >= 4 is 15.8 Å². The molecule has 1 aliphatic rings. The van der Waals surface area contributed by atoms with Gasteiger partial charge in [-0.25, -0.2) is 8.42 Å². The molecular weight excluding hydrogens is 276 g/mol. The molecule has 4 nitrogen and oxygen atoms in total. The SMILES string of the molecule is O=C(O)[C@@H]1CCCC[C@H]1S(=O)(=O)CCc1ccccc1. The summed E-state index contributed by atoms with van der Waals surface area (Å²) in [5, 5.41) is 8.48. The van der Waals surface area contributed by atoms with Gasteiger partial charge in [-0.15, -0.1) is 0 Å². The fourth-order valence-corrected chi connectivity index (χ4v) is 4.97. The molecule has 2 rings (SSSR count). The normalized spacial score (nSPS) is 23.4. The van der Waals surface area contributed by atoms with Gasteiger partial charge in [-0.3, -0.25) is 4.79 Å². The first kappa shape index (κ1) is 15.0. The maximum absolute atomic E-state index is 12.4. The Bertz CT molecular complexity index is 550. The van der Waals surface area contributed by atoms with Crippen LogP contribution in [0.4, 0.5) is 0 Å². The summed E-state index contributed by atoms with van der Waals surface area (Å²) >= 11 is 0. The summed E-state index contributed by atoms with van der Waals surface area (Å²) in [6.07, 6.45) is 3.02. The second-order valence-electron chi connectivity index (χ2n) is 5.37. The van der Waals surface area contributed by atoms with Crippen molar-refractivity contribution in [1.82, 2.24) is 0 Å². The number of benzene rings is 1. The predicted molar refractivity (Wildman–Crippen MR) is 77.3 cm³/mol. The Hall–Kier alpha value is -1.36. The lowest BCUT2D eigenvalue weighted by Crippen LogP contribution is -2.39. The molecule has 20 heavy (non-hydrogen) atoms. The van der Waals surface area contributed by atoms with Crippen molar-refractivity contribution in [2.45, 2.75) is 37.4 Å². The second kappa shape index (κ2) is 6.39. The quantitative estimate of drug-likeness (QED) is 0.905. The molecule has 0 heterocycles. The van der Waals surface area contributed by atoms with E-state index in [2.05, 4.69) is 0 Å². The number of aliphatic carboxylic acids is 1. The molecule has 0 spiro atoms. The Kier molecular flexibility index (Phi) is 4.81. The van der Waals surface area contributed by atoms with Gasteiger partial charge < -0.3 is 5.11 Å². The van der Waals surface area contributed by atoms with E-state index in [0.29, 0.717) is 19.3 Å². The third-order valence-electron chi connectivity index (χ3n) is 4.00. The van der Waals surface area contributed by atoms with Crippen LogP contribution >= 0.6 is 0 Å². The standard InChI is InChI=1S/C15H20O4S/c16-15(17)13-8-4-5-9-14(13)20(18,19)11-10-12-6-2-1-3-7-12/h1-3,6-7,13-14H,4-5,8-11H2,(H,16,17)/t13-,14-/m1/s1. The van der Waals surface area contributed by atoms with Crippen molar-refractivity contribution in [3.63, 3.8) is 0 Å². The van der Waals surface area contributed by atoms with Crippen molar-refractivity contribution in [1.29, 1.82) is 0 Å². The third-order valence-corrected chi connectivity index (χ3v) is 6.26. The Balaban J connectivity index is 2.06. The lowest BCUT2D eigenvalue weighted by atomic mass is 9.89. The maximum atomic E-state index is 12.4. The van der Waals surface area contributed by atoms with Crippen molar-refractivity contribution in [3.8, 4) is 0 Å². The predicted octanol–water partition coefficient (Wildman–Crippen LogP) is 2.29. The summed E-state index contributed by atoms with van der Waals surface area (Å²) in [7, 11) is -3.36. The topological polar surface area (TPSA) is 71.4 Å². The first-order valence-electron chi connectivity index (χ1n) is 6.99. The van der Waals surface area contributed by atoms with Crippen LogP contribution in [0.1, 0.15) is 31.2 Å². The Morgan fingerprint density at radius 2 is 1.80 bits per heavy atom. The van der Waals surface area contributed by atoms with E-state index in [1.165, 1.54) is 0 Å². The summed E-state index contributed by atoms with van der Waals surface area (Å²) in [5.41, 5.74) is 0.971. The van der Waals surface area contributed by atoms with E-state index in [1.54, 1.807) is 0 Å². The first-order valence-corrected chi connectivity index (χ1v) is 8.70. The van der Waals surface area contributed by atoms with E-state index in [4.69, 9.17) is 0 Å². The maximum Gasteiger partial charge on any atom is 0.307 e. The molecule has 5 heteroatoms. The minimum Gasteiger partial charge on any atom is -0.481 e. The summed E-state index contributed by atoms with van der Waals surface area (Å²) in [5.74, 6) is -1.67. The molecule has 0 amide bonds. The van der Waals surface area contributed by atoms with Crippen LogP contribution in [-0.2, 0) is 21.1 Å². The second-order valence-corrected chi connectivity index (χ2v) is 7.71. The van der Waals surface area contributed by atoms with Crippen molar-refractivity contribution in [2.75, 3.05) is 5.75 Å². The molecule has 1 N–H and O–H groups in total. The van der Waals surface area contributed by atoms with Crippen LogP contribution in [0, 0.1) is 5.92 Å². The van der Waals surface area contributed by atoms with Crippen LogP contribution in [0.25, 0.3) is 0 Å². The number of sulfone groups is 1. The number of rotatable bonds is 5. The van der Waals surface area contributed by atoms with Gasteiger partial charge in [0.05, 0.1) is 16.9 Å². The summed E-state index contributed by atoms with van der Waals surface area (Å²) in [6, 6.07) is 9.43. The highest BCUT2D eigenvalue weighted by Crippen LogP contribution is 2.30. The van der Waals surface area contributed by atoms with Crippen LogP contribution in [0.2, 0.25) is 0 Å². The molecule has 1 aromatic rings. The fraction of sp³-hybridized carbons (Fsp3) is 0.533.